The van der Waals surface area contributed by atoms with Gasteiger partial charge in [0, 0.05) is 25.7 Å². The third kappa shape index (κ3) is 64.6. The molecule has 3 N–H and O–H groups in total. The Morgan fingerprint density at radius 1 is 0.303 bits per heavy atom. The smallest absolute Gasteiger partial charge is 0.462 e. The summed E-state index contributed by atoms with van der Waals surface area (Å²) < 4.78 is 68.0. The monoisotopic (exact) mass is 1310 g/mol. The van der Waals surface area contributed by atoms with E-state index in [1.165, 1.54) is 180 Å². The quantitative estimate of drug-likeness (QED) is 0.0222. The van der Waals surface area contributed by atoms with Crippen LogP contribution in [-0.2, 0) is 65.4 Å². The van der Waals surface area contributed by atoms with Crippen LogP contribution in [0.4, 0.5) is 0 Å². The summed E-state index contributed by atoms with van der Waals surface area (Å²) in [5, 5.41) is 10.6. The molecule has 528 valence electrons. The van der Waals surface area contributed by atoms with Crippen molar-refractivity contribution in [3.63, 3.8) is 0 Å². The summed E-state index contributed by atoms with van der Waals surface area (Å²) in [4.78, 5) is 72.2. The molecule has 0 rings (SSSR count). The normalized spacial score (nSPS) is 14.1. The van der Waals surface area contributed by atoms with Gasteiger partial charge >= 0.3 is 39.5 Å². The molecule has 0 aromatic rings. The Morgan fingerprint density at radius 2 is 0.517 bits per heavy atom. The van der Waals surface area contributed by atoms with E-state index in [4.69, 9.17) is 37.0 Å². The summed E-state index contributed by atoms with van der Waals surface area (Å²) in [5.74, 6) is -1.44. The van der Waals surface area contributed by atoms with Crippen molar-refractivity contribution in [2.75, 3.05) is 39.6 Å². The van der Waals surface area contributed by atoms with Gasteiger partial charge in [0.2, 0.25) is 0 Å². The molecule has 0 saturated heterocycles. The topological polar surface area (TPSA) is 237 Å². The van der Waals surface area contributed by atoms with Crippen LogP contribution in [0, 0.1) is 5.92 Å². The molecule has 0 saturated carbocycles. The number of hydrogen-bond donors (Lipinski definition) is 3. The molecule has 0 aliphatic rings. The lowest BCUT2D eigenvalue weighted by molar-refractivity contribution is -0.161. The molecule has 0 aliphatic carbocycles. The zero-order chi connectivity index (χ0) is 65.6. The van der Waals surface area contributed by atoms with E-state index in [0.29, 0.717) is 31.6 Å². The van der Waals surface area contributed by atoms with E-state index in [1.807, 2.05) is 0 Å². The van der Waals surface area contributed by atoms with Crippen LogP contribution in [0.1, 0.15) is 362 Å². The molecule has 0 fully saturated rings. The third-order valence-electron chi connectivity index (χ3n) is 16.3. The van der Waals surface area contributed by atoms with E-state index in [9.17, 15) is 43.2 Å². The number of carbonyl (C=O) groups excluding carboxylic acids is 4. The molecule has 0 amide bonds. The van der Waals surface area contributed by atoms with Gasteiger partial charge in [-0.15, -0.1) is 0 Å². The molecule has 89 heavy (non-hydrogen) atoms. The van der Waals surface area contributed by atoms with E-state index < -0.39 is 97.5 Å². The molecule has 0 radical (unpaired) electrons. The van der Waals surface area contributed by atoms with Gasteiger partial charge in [-0.3, -0.25) is 37.3 Å². The van der Waals surface area contributed by atoms with Crippen LogP contribution in [0.5, 0.6) is 0 Å². The van der Waals surface area contributed by atoms with Crippen LogP contribution in [0.25, 0.3) is 0 Å². The highest BCUT2D eigenvalue weighted by molar-refractivity contribution is 7.47. The second kappa shape index (κ2) is 63.5. The number of rotatable bonds is 70. The maximum absolute atomic E-state index is 13.0. The summed E-state index contributed by atoms with van der Waals surface area (Å²) >= 11 is 0. The minimum atomic E-state index is -4.95. The van der Waals surface area contributed by atoms with Gasteiger partial charge in [-0.1, -0.05) is 311 Å². The van der Waals surface area contributed by atoms with Gasteiger partial charge in [0.05, 0.1) is 26.4 Å². The van der Waals surface area contributed by atoms with Crippen LogP contribution in [0.2, 0.25) is 0 Å². The lowest BCUT2D eigenvalue weighted by atomic mass is 10.0. The number of aliphatic hydroxyl groups excluding tert-OH is 1. The first-order valence-corrected chi connectivity index (χ1v) is 39.6. The standard InChI is InChI=1S/C70H136O17P2/c1-6-9-12-15-17-19-21-23-25-27-28-30-32-34-36-40-45-50-55-69(74)87-66(60-81-68(73)54-49-44-39-35-33-31-29-26-24-22-20-18-16-13-10-7-2)62-85-89(78,79)83-58-64(71)57-82-88(76,77)84-61-65(59-80-67(72)53-48-42-14-11-8-3)86-70(75)56-51-46-41-37-38-43-47-52-63(4)5/h63-66,71H,6-62H2,1-5H3,(H,76,77)(H,78,79)/t64-,65+,66+/m0/s1. The SMILES string of the molecule is CCCCCCCCCCCCCCCCCCCCC(=O)O[C@H](COC(=O)CCCCCCCCCCCCCCCCCC)COP(=O)(O)OC[C@@H](O)COP(=O)(O)OC[C@@H](COC(=O)CCCCCCC)OC(=O)CCCCCCCCCC(C)C. The Hall–Kier alpha value is -1.94. The van der Waals surface area contributed by atoms with Crippen molar-refractivity contribution >= 4 is 39.5 Å². The largest absolute Gasteiger partial charge is 0.472 e. The summed E-state index contributed by atoms with van der Waals surface area (Å²) in [6.07, 6.45) is 50.5. The molecular formula is C70H136O17P2. The van der Waals surface area contributed by atoms with Crippen LogP contribution in [-0.4, -0.2) is 96.7 Å². The maximum atomic E-state index is 13.0. The number of esters is 4. The molecule has 17 nitrogen and oxygen atoms in total. The molecule has 0 spiro atoms. The Morgan fingerprint density at radius 3 is 0.764 bits per heavy atom. The maximum Gasteiger partial charge on any atom is 0.472 e. The summed E-state index contributed by atoms with van der Waals surface area (Å²) in [6, 6.07) is 0. The first-order valence-electron chi connectivity index (χ1n) is 36.6. The number of ether oxygens (including phenoxy) is 4. The first kappa shape index (κ1) is 87.1. The Labute approximate surface area is 543 Å². The van der Waals surface area contributed by atoms with E-state index in [0.717, 1.165) is 96.3 Å². The molecule has 0 aliphatic heterocycles. The predicted molar refractivity (Wildman–Crippen MR) is 358 cm³/mol. The van der Waals surface area contributed by atoms with Crippen LogP contribution < -0.4 is 0 Å². The zero-order valence-electron chi connectivity index (χ0n) is 57.6. The molecule has 0 bridgehead atoms. The Bertz CT molecular complexity index is 1720. The van der Waals surface area contributed by atoms with Crippen LogP contribution in [0.3, 0.4) is 0 Å². The molecule has 19 heteroatoms. The Kier molecular flexibility index (Phi) is 62.1. The average molecular weight is 1310 g/mol. The molecule has 5 atom stereocenters. The minimum Gasteiger partial charge on any atom is -0.462 e. The molecule has 0 heterocycles. The van der Waals surface area contributed by atoms with E-state index in [2.05, 4.69) is 34.6 Å². The highest BCUT2D eigenvalue weighted by Gasteiger charge is 2.30. The van der Waals surface area contributed by atoms with Crippen molar-refractivity contribution < 1.29 is 80.2 Å². The fourth-order valence-corrected chi connectivity index (χ4v) is 12.2. The van der Waals surface area contributed by atoms with Crippen LogP contribution >= 0.6 is 15.6 Å². The van der Waals surface area contributed by atoms with E-state index in [-0.39, 0.29) is 25.7 Å². The van der Waals surface area contributed by atoms with Crippen molar-refractivity contribution in [1.82, 2.24) is 0 Å². The van der Waals surface area contributed by atoms with Gasteiger partial charge < -0.3 is 33.8 Å². The second-order valence-electron chi connectivity index (χ2n) is 25.7. The van der Waals surface area contributed by atoms with Gasteiger partial charge in [-0.25, -0.2) is 9.13 Å². The number of carbonyl (C=O) groups is 4. The highest BCUT2D eigenvalue weighted by atomic mass is 31.2. The van der Waals surface area contributed by atoms with Gasteiger partial charge in [-0.05, 0) is 31.6 Å². The fraction of sp³-hybridized carbons (Fsp3) is 0.943. The lowest BCUT2D eigenvalue weighted by Crippen LogP contribution is -2.30. The fourth-order valence-electron chi connectivity index (χ4n) is 10.6. The molecular weight excluding hydrogens is 1170 g/mol. The Balaban J connectivity index is 5.14. The number of unbranched alkanes of at least 4 members (excludes halogenated alkanes) is 42. The van der Waals surface area contributed by atoms with Crippen molar-refractivity contribution in [1.29, 1.82) is 0 Å². The molecule has 0 aromatic carbocycles. The minimum absolute atomic E-state index is 0.103. The third-order valence-corrected chi connectivity index (χ3v) is 18.2. The van der Waals surface area contributed by atoms with Crippen molar-refractivity contribution in [3.05, 3.63) is 0 Å². The van der Waals surface area contributed by atoms with Crippen molar-refractivity contribution in [2.24, 2.45) is 5.92 Å². The van der Waals surface area contributed by atoms with E-state index >= 15 is 0 Å². The second-order valence-corrected chi connectivity index (χ2v) is 28.7. The predicted octanol–water partition coefficient (Wildman–Crippen LogP) is 20.1. The van der Waals surface area contributed by atoms with Gasteiger partial charge in [0.25, 0.3) is 0 Å². The van der Waals surface area contributed by atoms with Gasteiger partial charge in [0.15, 0.2) is 12.2 Å². The first-order chi connectivity index (χ1) is 43.0. The van der Waals surface area contributed by atoms with Crippen LogP contribution in [0.15, 0.2) is 0 Å². The highest BCUT2D eigenvalue weighted by Crippen LogP contribution is 2.45. The van der Waals surface area contributed by atoms with Gasteiger partial charge in [-0.2, -0.15) is 0 Å². The number of phosphoric acid groups is 2. The molecule has 0 aromatic heterocycles. The van der Waals surface area contributed by atoms with Crippen molar-refractivity contribution in [3.8, 4) is 0 Å². The average Bonchev–Trinajstić information content (AvgIpc) is 3.56. The summed E-state index contributed by atoms with van der Waals surface area (Å²) in [6.45, 7) is 7.09. The number of aliphatic hydroxyl groups is 1. The summed E-state index contributed by atoms with van der Waals surface area (Å²) in [5.41, 5.74) is 0. The number of phosphoric ester groups is 2. The van der Waals surface area contributed by atoms with Gasteiger partial charge in [0.1, 0.15) is 19.3 Å². The lowest BCUT2D eigenvalue weighted by Gasteiger charge is -2.21. The zero-order valence-corrected chi connectivity index (χ0v) is 59.4. The van der Waals surface area contributed by atoms with E-state index in [1.54, 1.807) is 0 Å². The number of hydrogen-bond acceptors (Lipinski definition) is 15. The van der Waals surface area contributed by atoms with Crippen molar-refractivity contribution in [2.45, 2.75) is 380 Å². The summed E-state index contributed by atoms with van der Waals surface area (Å²) in [7, 11) is -9.89. The molecule has 2 unspecified atom stereocenters.